The highest BCUT2D eigenvalue weighted by Crippen LogP contribution is 2.62. The second kappa shape index (κ2) is 32.5. The van der Waals surface area contributed by atoms with Gasteiger partial charge in [-0.3, -0.25) is 28.9 Å². The van der Waals surface area contributed by atoms with Crippen molar-refractivity contribution in [2.24, 2.45) is 75.9 Å². The number of hydroxylamine groups is 4. The van der Waals surface area contributed by atoms with E-state index in [2.05, 4.69) is 104 Å². The van der Waals surface area contributed by atoms with Crippen LogP contribution in [0.25, 0.3) is 22.3 Å². The Labute approximate surface area is 590 Å². The molecule has 0 aromatic heterocycles. The Morgan fingerprint density at radius 2 is 1.10 bits per heavy atom. The first-order valence-corrected chi connectivity index (χ1v) is 36.6. The molecule has 99 heavy (non-hydrogen) atoms. The fourth-order valence-corrected chi connectivity index (χ4v) is 18.0. The van der Waals surface area contributed by atoms with Crippen molar-refractivity contribution in [2.45, 2.75) is 190 Å². The molecule has 2 saturated heterocycles. The lowest BCUT2D eigenvalue weighted by Crippen LogP contribution is -2.62. The van der Waals surface area contributed by atoms with E-state index in [9.17, 15) is 39.6 Å². The number of rotatable bonds is 28. The predicted octanol–water partition coefficient (Wildman–Crippen LogP) is 10.7. The second-order valence-corrected chi connectivity index (χ2v) is 32.5. The van der Waals surface area contributed by atoms with E-state index in [1.54, 1.807) is 38.2 Å². The van der Waals surface area contributed by atoms with Crippen LogP contribution in [0.2, 0.25) is 0 Å². The van der Waals surface area contributed by atoms with Crippen LogP contribution >= 0.6 is 0 Å². The van der Waals surface area contributed by atoms with Gasteiger partial charge in [0.25, 0.3) is 5.91 Å². The predicted molar refractivity (Wildman–Crippen MR) is 389 cm³/mol. The lowest BCUT2D eigenvalue weighted by molar-refractivity contribution is -0.183. The monoisotopic (exact) mass is 1370 g/mol. The van der Waals surface area contributed by atoms with Gasteiger partial charge in [-0.25, -0.2) is 0 Å². The summed E-state index contributed by atoms with van der Waals surface area (Å²) in [5.74, 6) is 3.95. The molecule has 17 atom stereocenters. The van der Waals surface area contributed by atoms with Crippen LogP contribution in [-0.4, -0.2) is 176 Å². The maximum absolute atomic E-state index is 14.2. The Hall–Kier alpha value is -6.00. The third-order valence-corrected chi connectivity index (χ3v) is 23.8. The first-order valence-electron chi connectivity index (χ1n) is 36.6. The van der Waals surface area contributed by atoms with Gasteiger partial charge in [-0.2, -0.15) is 10.1 Å². The Bertz CT molecular complexity index is 3400. The zero-order chi connectivity index (χ0) is 72.3. The van der Waals surface area contributed by atoms with E-state index in [-0.39, 0.29) is 61.9 Å². The van der Waals surface area contributed by atoms with Crippen molar-refractivity contribution < 1.29 is 58.8 Å². The molecule has 2 aliphatic heterocycles. The molecule has 0 radical (unpaired) electrons. The van der Waals surface area contributed by atoms with Gasteiger partial charge < -0.3 is 55.7 Å². The number of ether oxygens (including phenoxy) is 2. The number of Topliss-reactive ketones (excluding diaryl/α,β-unsaturated/α-hetero) is 1. The van der Waals surface area contributed by atoms with Crippen molar-refractivity contribution in [2.75, 3.05) is 73.6 Å². The van der Waals surface area contributed by atoms with Crippen LogP contribution in [0, 0.1) is 75.9 Å². The van der Waals surface area contributed by atoms with Gasteiger partial charge in [0.2, 0.25) is 11.8 Å². The number of methoxy groups -OCH3 is 2. The van der Waals surface area contributed by atoms with Gasteiger partial charge in [0, 0.05) is 96.6 Å². The van der Waals surface area contributed by atoms with E-state index in [1.165, 1.54) is 12.8 Å². The first kappa shape index (κ1) is 77.2. The number of aliphatic hydroxyl groups is 4. The smallest absolute Gasteiger partial charge is 0.251 e. The number of carbonyl (C=O) groups excluding carboxylic acids is 4. The zero-order valence-corrected chi connectivity index (χ0v) is 62.5. The minimum atomic E-state index is -0.888. The molecule has 4 aromatic carbocycles. The summed E-state index contributed by atoms with van der Waals surface area (Å²) in [5, 5.41) is 55.3. The maximum Gasteiger partial charge on any atom is 0.251 e. The molecule has 19 nitrogen and oxygen atoms in total. The fraction of sp³-hybridized carbons (Fsp3) is 0.650. The molecular formula is C80H119N7O12. The molecule has 12 rings (SSSR count). The molecule has 8 fully saturated rings. The largest absolute Gasteiger partial charge is 0.496 e. The van der Waals surface area contributed by atoms with Crippen molar-refractivity contribution in [1.82, 2.24) is 31.0 Å². The summed E-state index contributed by atoms with van der Waals surface area (Å²) in [4.78, 5) is 71.5. The molecule has 2 heterocycles. The van der Waals surface area contributed by atoms with Crippen LogP contribution in [-0.2, 0) is 32.4 Å². The van der Waals surface area contributed by atoms with Gasteiger partial charge in [-0.1, -0.05) is 130 Å². The highest BCUT2D eigenvalue weighted by molar-refractivity contribution is 5.98. The van der Waals surface area contributed by atoms with E-state index >= 15 is 0 Å². The quantitative estimate of drug-likeness (QED) is 0.0262. The van der Waals surface area contributed by atoms with Gasteiger partial charge in [0.05, 0.1) is 52.7 Å². The third-order valence-electron chi connectivity index (χ3n) is 23.8. The molecule has 19 heteroatoms. The van der Waals surface area contributed by atoms with Crippen LogP contribution in [0.1, 0.15) is 160 Å². The first-order chi connectivity index (χ1) is 46.8. The summed E-state index contributed by atoms with van der Waals surface area (Å²) >= 11 is 0. The fourth-order valence-electron chi connectivity index (χ4n) is 18.0. The number of hydrogen-bond acceptors (Lipinski definition) is 16. The lowest BCUT2D eigenvalue weighted by atomic mass is 9.45. The number of aliphatic hydroxyl groups excluding tert-OH is 4. The van der Waals surface area contributed by atoms with Crippen molar-refractivity contribution in [1.29, 1.82) is 0 Å². The van der Waals surface area contributed by atoms with Crippen LogP contribution < -0.4 is 30.3 Å². The summed E-state index contributed by atoms with van der Waals surface area (Å²) in [6.45, 7) is 27.0. The molecule has 4 bridgehead atoms. The molecule has 546 valence electrons. The normalized spacial score (nSPS) is 28.4. The number of amides is 3. The van der Waals surface area contributed by atoms with Gasteiger partial charge in [-0.15, -0.1) is 0 Å². The molecule has 6 saturated carbocycles. The van der Waals surface area contributed by atoms with E-state index < -0.39 is 48.3 Å². The van der Waals surface area contributed by atoms with E-state index in [4.69, 9.17) is 19.1 Å². The van der Waals surface area contributed by atoms with Gasteiger partial charge in [0.15, 0.2) is 5.78 Å². The number of para-hydroxylation sites is 2. The van der Waals surface area contributed by atoms with Gasteiger partial charge >= 0.3 is 0 Å². The maximum atomic E-state index is 14.2. The van der Waals surface area contributed by atoms with Crippen LogP contribution in [0.4, 0.5) is 5.69 Å². The number of benzene rings is 4. The SMILES string of the molecule is COc1c(CN2O[C@@H](CO)[C@@H]([C@H](C)O)[C@H]2C(=O)N[C@H]2C[C@H]3C[C@@H]([C@@H]2C)C3(C)C)cccc1-c1cc(C(=O)NCCC(C)C)cc(N(C)C)c1.COc1c(CN2O[C@@H](CO)[C@H]([C@H](C)O)[C@H]2C(=O)N[C@H]2C[C@H]3C[C@@H]([C@@H]2C)C3(C)C)cccc1-c1ccc(C(=O)C[C@@H](CC(C)C)CN(C)C)cc1. The molecule has 4 aromatic rings. The van der Waals surface area contributed by atoms with Gasteiger partial charge in [0.1, 0.15) is 35.8 Å². The standard InChI is InChI=1S/C41H61N3O6.C39H58N4O6/c1-24(2)17-27(21-43(7)8)18-35(47)29-15-13-28(14-16-29)32-12-10-11-30(39(32)49-9)22-44-38(37(26(4)46)36(23-45)50-44)40(48)42-34-20-31-19-33(25(34)3)41(31,5)6;1-22(2)13-14-40-37(46)27-15-26(16-29(17-27)42(7)8)30-12-10-11-25(36(30)48-9)20-43-35(34(24(4)45)33(21-44)49-43)38(47)41-32-19-28-18-31(23(32)3)39(28,5)6/h10-16,24-27,31,33-34,36-38,45-46H,17-23H2,1-9H3,(H,42,48);10-12,15-17,22-24,28,31-35,44-45H,13-14,18-21H2,1-9H3,(H,40,46)(H,41,47)/t25-,26-,27+,31+,33-,34-,36-,37-,38-;23-,24-,28+,31-,32-,33-,34+,35-/m00/s1. The van der Waals surface area contributed by atoms with E-state index in [1.807, 2.05) is 97.9 Å². The number of nitrogens with one attached hydrogen (secondary N) is 3. The highest BCUT2D eigenvalue weighted by atomic mass is 16.7. The van der Waals surface area contributed by atoms with Crippen molar-refractivity contribution in [3.05, 3.63) is 101 Å². The number of carbonyl (C=O) groups is 4. The summed E-state index contributed by atoms with van der Waals surface area (Å²) in [7, 11) is 11.2. The Kier molecular flexibility index (Phi) is 25.4. The molecule has 7 N–H and O–H groups in total. The molecule has 3 amide bonds. The Morgan fingerprint density at radius 3 is 1.49 bits per heavy atom. The van der Waals surface area contributed by atoms with Crippen LogP contribution in [0.5, 0.6) is 11.5 Å². The second-order valence-electron chi connectivity index (χ2n) is 32.5. The molecule has 6 aliphatic carbocycles. The number of ketones is 1. The van der Waals surface area contributed by atoms with Crippen LogP contribution in [0.3, 0.4) is 0 Å². The van der Waals surface area contributed by atoms with Crippen molar-refractivity contribution in [3.63, 3.8) is 0 Å². The molecule has 0 unspecified atom stereocenters. The molecule has 0 spiro atoms. The summed E-state index contributed by atoms with van der Waals surface area (Å²) < 4.78 is 12.0. The average molecular weight is 1370 g/mol. The minimum Gasteiger partial charge on any atom is -0.496 e. The molecular weight excluding hydrogens is 1250 g/mol. The van der Waals surface area contributed by atoms with E-state index in [0.29, 0.717) is 99.7 Å². The lowest BCUT2D eigenvalue weighted by Gasteiger charge is -2.62. The number of hydrogen-bond donors (Lipinski definition) is 7. The molecule has 8 aliphatic rings. The Balaban J connectivity index is 0.000000231. The highest BCUT2D eigenvalue weighted by Gasteiger charge is 2.59. The third kappa shape index (κ3) is 16.9. The minimum absolute atomic E-state index is 0.0487. The topological polar surface area (TPSA) is 235 Å². The zero-order valence-electron chi connectivity index (χ0n) is 62.5. The summed E-state index contributed by atoms with van der Waals surface area (Å²) in [6, 6.07) is 23.7. The van der Waals surface area contributed by atoms with Gasteiger partial charge in [-0.05, 0) is 160 Å². The van der Waals surface area contributed by atoms with Crippen LogP contribution in [0.15, 0.2) is 78.9 Å². The number of anilines is 1. The summed E-state index contributed by atoms with van der Waals surface area (Å²) in [6.07, 6.45) is 3.49. The summed E-state index contributed by atoms with van der Waals surface area (Å²) in [5.41, 5.74) is 7.68. The average Bonchev–Trinajstić information content (AvgIpc) is 1.53. The van der Waals surface area contributed by atoms with Crippen molar-refractivity contribution >= 4 is 29.2 Å². The number of fused-ring (bicyclic) bond motifs is 4. The number of nitrogens with zero attached hydrogens (tertiary/aromatic N) is 4. The van der Waals surface area contributed by atoms with E-state index in [0.717, 1.165) is 71.3 Å². The Morgan fingerprint density at radius 1 is 0.626 bits per heavy atom. The van der Waals surface area contributed by atoms with Crippen molar-refractivity contribution in [3.8, 4) is 33.8 Å².